The molecule has 5 nitrogen and oxygen atoms in total. The molecule has 0 atom stereocenters. The highest BCUT2D eigenvalue weighted by molar-refractivity contribution is 5.94. The minimum atomic E-state index is -0.0952. The molecule has 2 amide bonds. The quantitative estimate of drug-likeness (QED) is 0.658. The van der Waals surface area contributed by atoms with Gasteiger partial charge < -0.3 is 14.5 Å². The fourth-order valence-electron chi connectivity index (χ4n) is 4.06. The van der Waals surface area contributed by atoms with Gasteiger partial charge in [0.15, 0.2) is 0 Å². The Hall–Kier alpha value is -2.66. The third-order valence-electron chi connectivity index (χ3n) is 5.87. The van der Waals surface area contributed by atoms with E-state index in [0.717, 1.165) is 29.7 Å². The molecular weight excluding hydrogens is 376 g/mol. The molecule has 0 unspecified atom stereocenters. The lowest BCUT2D eigenvalue weighted by molar-refractivity contribution is -0.131. The first-order valence-electron chi connectivity index (χ1n) is 10.8. The van der Waals surface area contributed by atoms with Crippen LogP contribution in [-0.2, 0) is 27.3 Å². The van der Waals surface area contributed by atoms with Gasteiger partial charge in [-0.2, -0.15) is 0 Å². The SMILES string of the molecule is COCC(=O)N(Cc1ccccc1)c1ccc(CC(=O)N(C)C2CCCCC2)cc1. The van der Waals surface area contributed by atoms with Crippen LogP contribution in [0.4, 0.5) is 5.69 Å². The molecule has 0 radical (unpaired) electrons. The van der Waals surface area contributed by atoms with Gasteiger partial charge in [0.25, 0.3) is 5.91 Å². The summed E-state index contributed by atoms with van der Waals surface area (Å²) in [6.07, 6.45) is 6.31. The third-order valence-corrected chi connectivity index (χ3v) is 5.87. The van der Waals surface area contributed by atoms with Crippen molar-refractivity contribution in [2.45, 2.75) is 51.1 Å². The fourth-order valence-corrected chi connectivity index (χ4v) is 4.06. The summed E-state index contributed by atoms with van der Waals surface area (Å²) in [5.74, 6) is 0.0634. The van der Waals surface area contributed by atoms with E-state index in [0.29, 0.717) is 19.0 Å². The van der Waals surface area contributed by atoms with Crippen molar-refractivity contribution >= 4 is 17.5 Å². The molecule has 0 spiro atoms. The van der Waals surface area contributed by atoms with E-state index in [1.54, 1.807) is 4.90 Å². The molecule has 1 aliphatic rings. The van der Waals surface area contributed by atoms with Crippen LogP contribution >= 0.6 is 0 Å². The zero-order chi connectivity index (χ0) is 21.3. The number of methoxy groups -OCH3 is 1. The number of nitrogens with zero attached hydrogens (tertiary/aromatic N) is 2. The summed E-state index contributed by atoms with van der Waals surface area (Å²) in [4.78, 5) is 29.0. The standard InChI is InChI=1S/C25H32N2O3/c1-26(22-11-7-4-8-12-22)24(28)17-20-13-15-23(16-14-20)27(25(29)19-30-2)18-21-9-5-3-6-10-21/h3,5-6,9-10,13-16,22H,4,7-8,11-12,17-19H2,1-2H3. The van der Waals surface area contributed by atoms with Gasteiger partial charge in [-0.1, -0.05) is 61.7 Å². The zero-order valence-corrected chi connectivity index (χ0v) is 18.0. The summed E-state index contributed by atoms with van der Waals surface area (Å²) in [6, 6.07) is 18.0. The minimum Gasteiger partial charge on any atom is -0.375 e. The van der Waals surface area contributed by atoms with E-state index in [2.05, 4.69) is 0 Å². The van der Waals surface area contributed by atoms with E-state index in [9.17, 15) is 9.59 Å². The second-order valence-electron chi connectivity index (χ2n) is 8.04. The van der Waals surface area contributed by atoms with Gasteiger partial charge >= 0.3 is 0 Å². The maximum absolute atomic E-state index is 12.7. The summed E-state index contributed by atoms with van der Waals surface area (Å²) in [5, 5.41) is 0. The average molecular weight is 409 g/mol. The first kappa shape index (κ1) is 22.0. The number of ether oxygens (including phenoxy) is 1. The Balaban J connectivity index is 1.67. The normalized spacial score (nSPS) is 14.3. The molecule has 5 heteroatoms. The van der Waals surface area contributed by atoms with Gasteiger partial charge in [-0.25, -0.2) is 0 Å². The summed E-state index contributed by atoms with van der Waals surface area (Å²) >= 11 is 0. The Morgan fingerprint density at radius 1 is 0.900 bits per heavy atom. The number of rotatable bonds is 8. The van der Waals surface area contributed by atoms with Crippen LogP contribution in [0.25, 0.3) is 0 Å². The van der Waals surface area contributed by atoms with Crippen molar-refractivity contribution in [2.24, 2.45) is 0 Å². The maximum Gasteiger partial charge on any atom is 0.253 e. The number of amides is 2. The number of benzene rings is 2. The molecule has 1 aliphatic carbocycles. The number of hydrogen-bond donors (Lipinski definition) is 0. The first-order valence-corrected chi connectivity index (χ1v) is 10.8. The van der Waals surface area contributed by atoms with E-state index >= 15 is 0 Å². The Kier molecular flexibility index (Phi) is 8.03. The van der Waals surface area contributed by atoms with Crippen molar-refractivity contribution in [3.8, 4) is 0 Å². The molecule has 0 saturated heterocycles. The fraction of sp³-hybridized carbons (Fsp3) is 0.440. The van der Waals surface area contributed by atoms with E-state index in [-0.39, 0.29) is 18.4 Å². The lowest BCUT2D eigenvalue weighted by Gasteiger charge is -2.31. The Labute approximate surface area is 179 Å². The van der Waals surface area contributed by atoms with Crippen molar-refractivity contribution in [3.63, 3.8) is 0 Å². The van der Waals surface area contributed by atoms with Gasteiger partial charge in [-0.05, 0) is 36.1 Å². The molecule has 30 heavy (non-hydrogen) atoms. The van der Waals surface area contributed by atoms with Crippen LogP contribution in [0.3, 0.4) is 0 Å². The van der Waals surface area contributed by atoms with Crippen molar-refractivity contribution in [1.29, 1.82) is 0 Å². The van der Waals surface area contributed by atoms with Crippen LogP contribution in [0.15, 0.2) is 54.6 Å². The lowest BCUT2D eigenvalue weighted by atomic mass is 9.94. The summed E-state index contributed by atoms with van der Waals surface area (Å²) in [7, 11) is 3.45. The van der Waals surface area contributed by atoms with Crippen LogP contribution < -0.4 is 4.90 Å². The zero-order valence-electron chi connectivity index (χ0n) is 18.0. The van der Waals surface area contributed by atoms with Gasteiger partial charge in [0, 0.05) is 25.9 Å². The van der Waals surface area contributed by atoms with E-state index < -0.39 is 0 Å². The molecule has 2 aromatic carbocycles. The average Bonchev–Trinajstić information content (AvgIpc) is 2.79. The molecule has 1 fully saturated rings. The lowest BCUT2D eigenvalue weighted by Crippen LogP contribution is -2.39. The molecule has 0 aromatic heterocycles. The molecule has 0 heterocycles. The molecule has 3 rings (SSSR count). The number of hydrogen-bond acceptors (Lipinski definition) is 3. The Morgan fingerprint density at radius 3 is 2.20 bits per heavy atom. The van der Waals surface area contributed by atoms with Crippen LogP contribution in [0.5, 0.6) is 0 Å². The summed E-state index contributed by atoms with van der Waals surface area (Å²) in [6.45, 7) is 0.505. The van der Waals surface area contributed by atoms with Gasteiger partial charge in [-0.15, -0.1) is 0 Å². The highest BCUT2D eigenvalue weighted by atomic mass is 16.5. The Bertz CT molecular complexity index is 814. The van der Waals surface area contributed by atoms with Gasteiger partial charge in [0.2, 0.25) is 5.91 Å². The monoisotopic (exact) mass is 408 g/mol. The smallest absolute Gasteiger partial charge is 0.253 e. The predicted octanol–water partition coefficient (Wildman–Crippen LogP) is 4.20. The Morgan fingerprint density at radius 2 is 1.57 bits per heavy atom. The van der Waals surface area contributed by atoms with Gasteiger partial charge in [0.1, 0.15) is 6.61 Å². The van der Waals surface area contributed by atoms with E-state index in [4.69, 9.17) is 4.74 Å². The topological polar surface area (TPSA) is 49.9 Å². The molecule has 160 valence electrons. The molecule has 0 aliphatic heterocycles. The summed E-state index contributed by atoms with van der Waals surface area (Å²) < 4.78 is 5.06. The second-order valence-corrected chi connectivity index (χ2v) is 8.04. The number of anilines is 1. The number of likely N-dealkylation sites (N-methyl/N-ethyl adjacent to an activating group) is 1. The summed E-state index contributed by atoms with van der Waals surface area (Å²) in [5.41, 5.74) is 2.82. The number of carbonyl (C=O) groups is 2. The second kappa shape index (κ2) is 10.9. The highest BCUT2D eigenvalue weighted by Gasteiger charge is 2.22. The van der Waals surface area contributed by atoms with E-state index in [1.165, 1.54) is 26.4 Å². The van der Waals surface area contributed by atoms with Crippen LogP contribution in [0.1, 0.15) is 43.2 Å². The minimum absolute atomic E-state index is 0.0270. The van der Waals surface area contributed by atoms with Crippen molar-refractivity contribution in [1.82, 2.24) is 4.90 Å². The maximum atomic E-state index is 12.7. The highest BCUT2D eigenvalue weighted by Crippen LogP contribution is 2.23. The molecule has 1 saturated carbocycles. The molecular formula is C25H32N2O3. The first-order chi connectivity index (χ1) is 14.6. The van der Waals surface area contributed by atoms with Crippen LogP contribution in [0.2, 0.25) is 0 Å². The molecule has 0 bridgehead atoms. The predicted molar refractivity (Wildman–Crippen MR) is 119 cm³/mol. The van der Waals surface area contributed by atoms with Crippen molar-refractivity contribution < 1.29 is 14.3 Å². The van der Waals surface area contributed by atoms with Crippen LogP contribution in [-0.4, -0.2) is 43.5 Å². The molecule has 0 N–H and O–H groups in total. The largest absolute Gasteiger partial charge is 0.375 e. The van der Waals surface area contributed by atoms with Crippen molar-refractivity contribution in [2.75, 3.05) is 25.7 Å². The van der Waals surface area contributed by atoms with Crippen LogP contribution in [0, 0.1) is 0 Å². The molecule has 2 aromatic rings. The van der Waals surface area contributed by atoms with E-state index in [1.807, 2.05) is 66.5 Å². The third kappa shape index (κ3) is 5.92. The van der Waals surface area contributed by atoms with Crippen molar-refractivity contribution in [3.05, 3.63) is 65.7 Å². The van der Waals surface area contributed by atoms with Gasteiger partial charge in [-0.3, -0.25) is 9.59 Å². The number of carbonyl (C=O) groups excluding carboxylic acids is 2. The van der Waals surface area contributed by atoms with Gasteiger partial charge in [0.05, 0.1) is 13.0 Å².